The minimum Gasteiger partial charge on any atom is -0.338 e. The second-order valence-electron chi connectivity index (χ2n) is 6.23. The Morgan fingerprint density at radius 2 is 2.20 bits per heavy atom. The second-order valence-corrected chi connectivity index (χ2v) is 6.23. The Morgan fingerprint density at radius 3 is 3.00 bits per heavy atom. The average molecular weight is 342 g/mol. The quantitative estimate of drug-likeness (QED) is 0.656. The predicted octanol–water partition coefficient (Wildman–Crippen LogP) is 1.30. The molecule has 0 aromatic carbocycles. The van der Waals surface area contributed by atoms with Gasteiger partial charge in [-0.1, -0.05) is 6.07 Å². The SMILES string of the molecule is Cc1ccc(NC(=O)CCNC(=O)N[C@@H]2CCc3[nH]ncc3C2)nc1. The van der Waals surface area contributed by atoms with Crippen molar-refractivity contribution in [1.82, 2.24) is 25.8 Å². The van der Waals surface area contributed by atoms with Gasteiger partial charge in [-0.15, -0.1) is 0 Å². The van der Waals surface area contributed by atoms with E-state index in [0.717, 1.165) is 36.1 Å². The molecule has 0 saturated heterocycles. The number of urea groups is 1. The molecule has 0 unspecified atom stereocenters. The summed E-state index contributed by atoms with van der Waals surface area (Å²) in [5.41, 5.74) is 3.34. The van der Waals surface area contributed by atoms with Crippen LogP contribution in [0, 0.1) is 6.92 Å². The van der Waals surface area contributed by atoms with E-state index in [9.17, 15) is 9.59 Å². The number of H-pyrrole nitrogens is 1. The Kier molecular flexibility index (Phi) is 5.27. The first-order valence-corrected chi connectivity index (χ1v) is 8.38. The first-order valence-electron chi connectivity index (χ1n) is 8.38. The monoisotopic (exact) mass is 342 g/mol. The van der Waals surface area contributed by atoms with Gasteiger partial charge in [0, 0.05) is 30.9 Å². The summed E-state index contributed by atoms with van der Waals surface area (Å²) < 4.78 is 0. The fourth-order valence-corrected chi connectivity index (χ4v) is 2.81. The summed E-state index contributed by atoms with van der Waals surface area (Å²) in [6.07, 6.45) is 6.23. The molecule has 0 radical (unpaired) electrons. The first kappa shape index (κ1) is 16.9. The van der Waals surface area contributed by atoms with Crippen molar-refractivity contribution in [3.8, 4) is 0 Å². The van der Waals surface area contributed by atoms with Crippen molar-refractivity contribution in [3.05, 3.63) is 41.3 Å². The van der Waals surface area contributed by atoms with E-state index in [1.165, 1.54) is 0 Å². The molecule has 1 aliphatic rings. The zero-order valence-electron chi connectivity index (χ0n) is 14.1. The zero-order valence-corrected chi connectivity index (χ0v) is 14.1. The minimum atomic E-state index is -0.252. The number of nitrogens with zero attached hydrogens (tertiary/aromatic N) is 2. The number of carbonyl (C=O) groups is 2. The van der Waals surface area contributed by atoms with Gasteiger partial charge >= 0.3 is 6.03 Å². The van der Waals surface area contributed by atoms with Crippen LogP contribution in [0.5, 0.6) is 0 Å². The highest BCUT2D eigenvalue weighted by atomic mass is 16.2. The Hall–Kier alpha value is -2.90. The lowest BCUT2D eigenvalue weighted by molar-refractivity contribution is -0.116. The molecule has 3 rings (SSSR count). The van der Waals surface area contributed by atoms with E-state index in [4.69, 9.17) is 0 Å². The number of rotatable bonds is 5. The Balaban J connectivity index is 1.35. The summed E-state index contributed by atoms with van der Waals surface area (Å²) in [6.45, 7) is 2.20. The number of hydrogen-bond donors (Lipinski definition) is 4. The van der Waals surface area contributed by atoms with Gasteiger partial charge in [0.1, 0.15) is 5.82 Å². The Morgan fingerprint density at radius 1 is 1.32 bits per heavy atom. The molecule has 0 saturated carbocycles. The van der Waals surface area contributed by atoms with Gasteiger partial charge in [-0.2, -0.15) is 5.10 Å². The van der Waals surface area contributed by atoms with E-state index in [0.29, 0.717) is 5.82 Å². The molecule has 8 nitrogen and oxygen atoms in total. The molecule has 132 valence electrons. The van der Waals surface area contributed by atoms with Gasteiger partial charge in [0.05, 0.1) is 6.20 Å². The number of nitrogens with one attached hydrogen (secondary N) is 4. The van der Waals surface area contributed by atoms with Crippen LogP contribution in [-0.4, -0.2) is 39.7 Å². The van der Waals surface area contributed by atoms with Gasteiger partial charge in [-0.3, -0.25) is 9.89 Å². The normalized spacial score (nSPS) is 16.0. The number of anilines is 1. The molecule has 2 aromatic heterocycles. The third-order valence-corrected chi connectivity index (χ3v) is 4.17. The largest absolute Gasteiger partial charge is 0.338 e. The molecule has 0 spiro atoms. The van der Waals surface area contributed by atoms with Gasteiger partial charge < -0.3 is 16.0 Å². The molecule has 4 N–H and O–H groups in total. The fourth-order valence-electron chi connectivity index (χ4n) is 2.81. The molecule has 1 aliphatic carbocycles. The van der Waals surface area contributed by atoms with Gasteiger partial charge in [0.25, 0.3) is 0 Å². The highest BCUT2D eigenvalue weighted by Gasteiger charge is 2.21. The standard InChI is InChI=1S/C17H22N6O2/c1-11-2-5-15(19-9-11)22-16(24)6-7-18-17(25)21-13-3-4-14-12(8-13)10-20-23-14/h2,5,9-10,13H,3-4,6-8H2,1H3,(H,20,23)(H2,18,21,25)(H,19,22,24)/t13-/m1/s1. The third-order valence-electron chi connectivity index (χ3n) is 4.17. The van der Waals surface area contributed by atoms with E-state index >= 15 is 0 Å². The van der Waals surface area contributed by atoms with Crippen LogP contribution in [0.2, 0.25) is 0 Å². The topological polar surface area (TPSA) is 112 Å². The van der Waals surface area contributed by atoms with Gasteiger partial charge in [0.2, 0.25) is 5.91 Å². The molecule has 25 heavy (non-hydrogen) atoms. The van der Waals surface area contributed by atoms with Crippen LogP contribution in [0.15, 0.2) is 24.5 Å². The number of aromatic amines is 1. The molecule has 2 heterocycles. The van der Waals surface area contributed by atoms with Crippen molar-refractivity contribution < 1.29 is 9.59 Å². The van der Waals surface area contributed by atoms with E-state index in [2.05, 4.69) is 31.1 Å². The molecular formula is C17H22N6O2. The summed E-state index contributed by atoms with van der Waals surface area (Å²) in [4.78, 5) is 27.9. The minimum absolute atomic E-state index is 0.0932. The van der Waals surface area contributed by atoms with Gasteiger partial charge in [-0.25, -0.2) is 9.78 Å². The predicted molar refractivity (Wildman–Crippen MR) is 93.2 cm³/mol. The lowest BCUT2D eigenvalue weighted by atomic mass is 9.94. The van der Waals surface area contributed by atoms with Crippen LogP contribution in [0.4, 0.5) is 10.6 Å². The summed E-state index contributed by atoms with van der Waals surface area (Å²) in [5, 5.41) is 15.4. The summed E-state index contributed by atoms with van der Waals surface area (Å²) in [6, 6.07) is 3.47. The van der Waals surface area contributed by atoms with Crippen LogP contribution < -0.4 is 16.0 Å². The number of aromatic nitrogens is 3. The number of hydrogen-bond acceptors (Lipinski definition) is 4. The maximum absolute atomic E-state index is 11.9. The zero-order chi connectivity index (χ0) is 17.6. The third kappa shape index (κ3) is 4.79. The maximum Gasteiger partial charge on any atom is 0.315 e. The number of fused-ring (bicyclic) bond motifs is 1. The average Bonchev–Trinajstić information content (AvgIpc) is 3.04. The summed E-state index contributed by atoms with van der Waals surface area (Å²) >= 11 is 0. The van der Waals surface area contributed by atoms with Crippen molar-refractivity contribution in [3.63, 3.8) is 0 Å². The van der Waals surface area contributed by atoms with E-state index < -0.39 is 0 Å². The number of pyridine rings is 1. The van der Waals surface area contributed by atoms with Crippen LogP contribution in [0.3, 0.4) is 0 Å². The fraction of sp³-hybridized carbons (Fsp3) is 0.412. The smallest absolute Gasteiger partial charge is 0.315 e. The summed E-state index contributed by atoms with van der Waals surface area (Å²) in [5.74, 6) is 0.329. The molecule has 2 aromatic rings. The maximum atomic E-state index is 11.9. The molecule has 0 fully saturated rings. The van der Waals surface area contributed by atoms with Gasteiger partial charge in [-0.05, 0) is 43.4 Å². The summed E-state index contributed by atoms with van der Waals surface area (Å²) in [7, 11) is 0. The van der Waals surface area contributed by atoms with E-state index in [-0.39, 0.29) is 30.9 Å². The second kappa shape index (κ2) is 7.78. The Bertz CT molecular complexity index is 740. The van der Waals surface area contributed by atoms with Gasteiger partial charge in [0.15, 0.2) is 0 Å². The molecule has 3 amide bonds. The Labute approximate surface area is 145 Å². The van der Waals surface area contributed by atoms with Crippen LogP contribution in [-0.2, 0) is 17.6 Å². The molecule has 0 bridgehead atoms. The van der Waals surface area contributed by atoms with Crippen LogP contribution in [0.25, 0.3) is 0 Å². The molecular weight excluding hydrogens is 320 g/mol. The molecule has 1 atom stereocenters. The number of aryl methyl sites for hydroxylation is 2. The van der Waals surface area contributed by atoms with E-state index in [1.54, 1.807) is 12.3 Å². The lowest BCUT2D eigenvalue weighted by Crippen LogP contribution is -2.45. The number of amides is 3. The van der Waals surface area contributed by atoms with Crippen molar-refractivity contribution in [1.29, 1.82) is 0 Å². The van der Waals surface area contributed by atoms with Crippen molar-refractivity contribution in [2.75, 3.05) is 11.9 Å². The lowest BCUT2D eigenvalue weighted by Gasteiger charge is -2.22. The molecule has 0 aliphatic heterocycles. The van der Waals surface area contributed by atoms with Crippen LogP contribution in [0.1, 0.15) is 29.7 Å². The van der Waals surface area contributed by atoms with Crippen molar-refractivity contribution >= 4 is 17.8 Å². The van der Waals surface area contributed by atoms with Crippen molar-refractivity contribution in [2.45, 2.75) is 38.6 Å². The number of carbonyl (C=O) groups excluding carboxylic acids is 2. The van der Waals surface area contributed by atoms with E-state index in [1.807, 2.05) is 19.2 Å². The molecule has 8 heteroatoms. The van der Waals surface area contributed by atoms with Crippen molar-refractivity contribution in [2.24, 2.45) is 0 Å². The first-order chi connectivity index (χ1) is 12.1. The van der Waals surface area contributed by atoms with Crippen LogP contribution >= 0.6 is 0 Å². The highest BCUT2D eigenvalue weighted by molar-refractivity contribution is 5.90. The highest BCUT2D eigenvalue weighted by Crippen LogP contribution is 2.18.